The Kier molecular flexibility index (Phi) is 4.60. The fourth-order valence-corrected chi connectivity index (χ4v) is 1.95. The van der Waals surface area contributed by atoms with E-state index in [2.05, 4.69) is 10.6 Å². The normalized spacial score (nSPS) is 9.90. The Labute approximate surface area is 118 Å². The first-order chi connectivity index (χ1) is 9.74. The second kappa shape index (κ2) is 6.61. The largest absolute Gasteiger partial charge is 0.497 e. The third-order valence-electron chi connectivity index (χ3n) is 3.02. The topological polar surface area (TPSA) is 50.4 Å². The summed E-state index contributed by atoms with van der Waals surface area (Å²) in [6.07, 6.45) is 0. The Bertz CT molecular complexity index is 597. The maximum Gasteiger partial charge on any atom is 0.253 e. The van der Waals surface area contributed by atoms with E-state index in [-0.39, 0.29) is 5.91 Å². The highest BCUT2D eigenvalue weighted by Crippen LogP contribution is 2.18. The number of methoxy groups -OCH3 is 1. The first-order valence-electron chi connectivity index (χ1n) is 6.42. The highest BCUT2D eigenvalue weighted by atomic mass is 16.5. The summed E-state index contributed by atoms with van der Waals surface area (Å²) in [6.45, 7) is 0.630. The summed E-state index contributed by atoms with van der Waals surface area (Å²) in [4.78, 5) is 11.8. The summed E-state index contributed by atoms with van der Waals surface area (Å²) < 4.78 is 5.19. The van der Waals surface area contributed by atoms with Crippen LogP contribution in [0.25, 0.3) is 0 Å². The van der Waals surface area contributed by atoms with E-state index in [1.807, 2.05) is 42.5 Å². The van der Waals surface area contributed by atoms with E-state index in [0.717, 1.165) is 17.0 Å². The van der Waals surface area contributed by atoms with Crippen LogP contribution in [0, 0.1) is 0 Å². The second-order valence-electron chi connectivity index (χ2n) is 4.33. The molecule has 0 atom stereocenters. The zero-order chi connectivity index (χ0) is 14.4. The molecule has 20 heavy (non-hydrogen) atoms. The van der Waals surface area contributed by atoms with Gasteiger partial charge in [-0.3, -0.25) is 4.79 Å². The molecule has 0 unspecified atom stereocenters. The van der Waals surface area contributed by atoms with Crippen molar-refractivity contribution in [1.29, 1.82) is 0 Å². The van der Waals surface area contributed by atoms with Gasteiger partial charge in [-0.2, -0.15) is 0 Å². The van der Waals surface area contributed by atoms with Gasteiger partial charge in [-0.05, 0) is 29.8 Å². The van der Waals surface area contributed by atoms with Gasteiger partial charge < -0.3 is 15.4 Å². The molecule has 4 nitrogen and oxygen atoms in total. The number of hydrogen-bond donors (Lipinski definition) is 2. The van der Waals surface area contributed by atoms with E-state index in [4.69, 9.17) is 4.74 Å². The van der Waals surface area contributed by atoms with Crippen LogP contribution in [0.2, 0.25) is 0 Å². The first kappa shape index (κ1) is 13.9. The number of nitrogens with one attached hydrogen (secondary N) is 2. The molecule has 2 N–H and O–H groups in total. The number of amides is 1. The van der Waals surface area contributed by atoms with Crippen LogP contribution in [0.5, 0.6) is 5.75 Å². The van der Waals surface area contributed by atoms with Gasteiger partial charge in [-0.15, -0.1) is 0 Å². The number of hydrogen-bond acceptors (Lipinski definition) is 3. The maximum atomic E-state index is 11.8. The van der Waals surface area contributed by atoms with Gasteiger partial charge in [0.05, 0.1) is 12.7 Å². The average Bonchev–Trinajstić information content (AvgIpc) is 2.52. The molecule has 2 aromatic carbocycles. The molecule has 0 bridgehead atoms. The summed E-state index contributed by atoms with van der Waals surface area (Å²) in [7, 11) is 3.27. The summed E-state index contributed by atoms with van der Waals surface area (Å²) in [5, 5.41) is 5.92. The molecular weight excluding hydrogens is 252 g/mol. The molecule has 0 aliphatic carbocycles. The van der Waals surface area contributed by atoms with Crippen LogP contribution in [0.15, 0.2) is 48.5 Å². The minimum Gasteiger partial charge on any atom is -0.497 e. The summed E-state index contributed by atoms with van der Waals surface area (Å²) in [5.74, 6) is 0.725. The van der Waals surface area contributed by atoms with Crippen molar-refractivity contribution in [3.05, 3.63) is 59.7 Å². The van der Waals surface area contributed by atoms with Crippen LogP contribution in [0.1, 0.15) is 15.9 Å². The summed E-state index contributed by atoms with van der Waals surface area (Å²) >= 11 is 0. The van der Waals surface area contributed by atoms with Gasteiger partial charge in [0.2, 0.25) is 0 Å². The average molecular weight is 270 g/mol. The van der Waals surface area contributed by atoms with Crippen molar-refractivity contribution in [2.24, 2.45) is 0 Å². The van der Waals surface area contributed by atoms with Gasteiger partial charge in [0.25, 0.3) is 5.91 Å². The minimum atomic E-state index is -0.0984. The van der Waals surface area contributed by atoms with E-state index in [1.54, 1.807) is 20.2 Å². The zero-order valence-electron chi connectivity index (χ0n) is 11.6. The second-order valence-corrected chi connectivity index (χ2v) is 4.33. The number of carbonyl (C=O) groups is 1. The standard InChI is InChI=1S/C16H18N2O2/c1-17-16(19)14-8-3-4-9-15(14)18-11-12-6-5-7-13(10-12)20-2/h3-10,18H,11H2,1-2H3,(H,17,19). The fourth-order valence-electron chi connectivity index (χ4n) is 1.95. The van der Waals surface area contributed by atoms with Gasteiger partial charge in [-0.25, -0.2) is 0 Å². The van der Waals surface area contributed by atoms with Crippen molar-refractivity contribution >= 4 is 11.6 Å². The minimum absolute atomic E-state index is 0.0984. The van der Waals surface area contributed by atoms with E-state index in [9.17, 15) is 4.79 Å². The lowest BCUT2D eigenvalue weighted by Gasteiger charge is -2.11. The Balaban J connectivity index is 2.12. The number of para-hydroxylation sites is 1. The van der Waals surface area contributed by atoms with Crippen molar-refractivity contribution in [2.75, 3.05) is 19.5 Å². The molecule has 0 fully saturated rings. The maximum absolute atomic E-state index is 11.8. The molecule has 2 aromatic rings. The Morgan fingerprint density at radius 1 is 1.15 bits per heavy atom. The fraction of sp³-hybridized carbons (Fsp3) is 0.188. The Morgan fingerprint density at radius 3 is 2.70 bits per heavy atom. The monoisotopic (exact) mass is 270 g/mol. The van der Waals surface area contributed by atoms with E-state index >= 15 is 0 Å². The van der Waals surface area contributed by atoms with Gasteiger partial charge in [0.15, 0.2) is 0 Å². The molecule has 0 radical (unpaired) electrons. The highest BCUT2D eigenvalue weighted by molar-refractivity contribution is 5.99. The number of carbonyl (C=O) groups excluding carboxylic acids is 1. The summed E-state index contributed by atoms with van der Waals surface area (Å²) in [5.41, 5.74) is 2.55. The molecule has 0 heterocycles. The Morgan fingerprint density at radius 2 is 1.95 bits per heavy atom. The molecule has 0 aliphatic rings. The lowest BCUT2D eigenvalue weighted by molar-refractivity contribution is 0.0964. The van der Waals surface area contributed by atoms with Crippen LogP contribution in [-0.4, -0.2) is 20.1 Å². The van der Waals surface area contributed by atoms with Crippen molar-refractivity contribution < 1.29 is 9.53 Å². The van der Waals surface area contributed by atoms with Crippen molar-refractivity contribution in [2.45, 2.75) is 6.54 Å². The highest BCUT2D eigenvalue weighted by Gasteiger charge is 2.08. The lowest BCUT2D eigenvalue weighted by atomic mass is 10.1. The molecule has 1 amide bonds. The SMILES string of the molecule is CNC(=O)c1ccccc1NCc1cccc(OC)c1. The zero-order valence-corrected chi connectivity index (χ0v) is 11.6. The predicted molar refractivity (Wildman–Crippen MR) is 80.2 cm³/mol. The van der Waals surface area contributed by atoms with Gasteiger partial charge in [0.1, 0.15) is 5.75 Å². The Hall–Kier alpha value is -2.49. The molecule has 0 spiro atoms. The molecule has 104 valence electrons. The quantitative estimate of drug-likeness (QED) is 0.878. The van der Waals surface area contributed by atoms with Crippen LogP contribution < -0.4 is 15.4 Å². The number of rotatable bonds is 5. The first-order valence-corrected chi connectivity index (χ1v) is 6.42. The van der Waals surface area contributed by atoms with E-state index in [1.165, 1.54) is 0 Å². The summed E-state index contributed by atoms with van der Waals surface area (Å²) in [6, 6.07) is 15.3. The predicted octanol–water partition coefficient (Wildman–Crippen LogP) is 2.67. The molecular formula is C16H18N2O2. The van der Waals surface area contributed by atoms with E-state index < -0.39 is 0 Å². The molecule has 0 saturated heterocycles. The van der Waals surface area contributed by atoms with Gasteiger partial charge >= 0.3 is 0 Å². The smallest absolute Gasteiger partial charge is 0.253 e. The van der Waals surface area contributed by atoms with E-state index in [0.29, 0.717) is 12.1 Å². The van der Waals surface area contributed by atoms with Crippen molar-refractivity contribution in [1.82, 2.24) is 5.32 Å². The van der Waals surface area contributed by atoms with Crippen molar-refractivity contribution in [3.63, 3.8) is 0 Å². The number of ether oxygens (including phenoxy) is 1. The molecule has 2 rings (SSSR count). The third-order valence-corrected chi connectivity index (χ3v) is 3.02. The number of benzene rings is 2. The van der Waals surface area contributed by atoms with Crippen LogP contribution in [0.3, 0.4) is 0 Å². The molecule has 0 aliphatic heterocycles. The van der Waals surface area contributed by atoms with Crippen LogP contribution in [-0.2, 0) is 6.54 Å². The van der Waals surface area contributed by atoms with Gasteiger partial charge in [0, 0.05) is 19.3 Å². The lowest BCUT2D eigenvalue weighted by Crippen LogP contribution is -2.19. The molecule has 0 aromatic heterocycles. The molecule has 4 heteroatoms. The van der Waals surface area contributed by atoms with Crippen molar-refractivity contribution in [3.8, 4) is 5.75 Å². The van der Waals surface area contributed by atoms with Gasteiger partial charge in [-0.1, -0.05) is 24.3 Å². The van der Waals surface area contributed by atoms with Crippen LogP contribution >= 0.6 is 0 Å². The molecule has 0 saturated carbocycles. The van der Waals surface area contributed by atoms with Crippen LogP contribution in [0.4, 0.5) is 5.69 Å². The third kappa shape index (κ3) is 3.29. The number of anilines is 1.